The average molecular weight is 290 g/mol. The maximum absolute atomic E-state index is 12.0. The van der Waals surface area contributed by atoms with E-state index in [0.29, 0.717) is 24.6 Å². The van der Waals surface area contributed by atoms with Crippen molar-refractivity contribution in [2.24, 2.45) is 5.92 Å². The summed E-state index contributed by atoms with van der Waals surface area (Å²) in [7, 11) is 0. The molecule has 6 heteroatoms. The lowest BCUT2D eigenvalue weighted by Crippen LogP contribution is -2.26. The Morgan fingerprint density at radius 1 is 1.52 bits per heavy atom. The molecule has 1 atom stereocenters. The summed E-state index contributed by atoms with van der Waals surface area (Å²) in [5.74, 6) is 0.270. The van der Waals surface area contributed by atoms with E-state index in [1.807, 2.05) is 0 Å². The molecule has 21 heavy (non-hydrogen) atoms. The van der Waals surface area contributed by atoms with Gasteiger partial charge in [-0.25, -0.2) is 0 Å². The lowest BCUT2D eigenvalue weighted by molar-refractivity contribution is -0.384. The first-order valence-corrected chi connectivity index (χ1v) is 6.92. The lowest BCUT2D eigenvalue weighted by atomic mass is 10.1. The molecule has 1 aliphatic rings. The van der Waals surface area contributed by atoms with Gasteiger partial charge in [0.05, 0.1) is 4.92 Å². The highest BCUT2D eigenvalue weighted by Crippen LogP contribution is 2.20. The largest absolute Gasteiger partial charge is 0.396 e. The number of carbonyl (C=O) groups is 1. The van der Waals surface area contributed by atoms with Crippen LogP contribution in [0.15, 0.2) is 30.3 Å². The predicted octanol–water partition coefficient (Wildman–Crippen LogP) is 1.84. The van der Waals surface area contributed by atoms with Gasteiger partial charge >= 0.3 is 0 Å². The Labute approximate surface area is 122 Å². The Balaban J connectivity index is 1.96. The van der Waals surface area contributed by atoms with Crippen molar-refractivity contribution >= 4 is 17.7 Å². The minimum absolute atomic E-state index is 0.00813. The molecule has 1 fully saturated rings. The highest BCUT2D eigenvalue weighted by atomic mass is 16.6. The molecule has 1 N–H and O–H groups in total. The number of non-ortho nitro benzene ring substituents is 1. The molecule has 0 aliphatic carbocycles. The molecule has 0 bridgehead atoms. The van der Waals surface area contributed by atoms with E-state index >= 15 is 0 Å². The third-order valence-corrected chi connectivity index (χ3v) is 3.63. The summed E-state index contributed by atoms with van der Waals surface area (Å²) in [5.41, 5.74) is 0.637. The van der Waals surface area contributed by atoms with Crippen molar-refractivity contribution in [2.45, 2.75) is 12.8 Å². The summed E-state index contributed by atoms with van der Waals surface area (Å²) in [6.07, 6.45) is 4.67. The summed E-state index contributed by atoms with van der Waals surface area (Å²) in [6, 6.07) is 6.16. The zero-order chi connectivity index (χ0) is 15.2. The van der Waals surface area contributed by atoms with E-state index in [-0.39, 0.29) is 18.2 Å². The summed E-state index contributed by atoms with van der Waals surface area (Å²) in [5, 5.41) is 19.6. The third-order valence-electron chi connectivity index (χ3n) is 3.63. The topological polar surface area (TPSA) is 83.7 Å². The van der Waals surface area contributed by atoms with E-state index in [9.17, 15) is 14.9 Å². The minimum Gasteiger partial charge on any atom is -0.396 e. The lowest BCUT2D eigenvalue weighted by Gasteiger charge is -2.13. The van der Waals surface area contributed by atoms with Gasteiger partial charge in [0.15, 0.2) is 0 Å². The van der Waals surface area contributed by atoms with Crippen LogP contribution in [0, 0.1) is 16.0 Å². The Hall–Kier alpha value is -2.21. The van der Waals surface area contributed by atoms with Crippen LogP contribution in [0.5, 0.6) is 0 Å². The molecule has 1 unspecified atom stereocenters. The highest BCUT2D eigenvalue weighted by Gasteiger charge is 2.24. The number of carbonyl (C=O) groups excluding carboxylic acids is 1. The Morgan fingerprint density at radius 3 is 3.05 bits per heavy atom. The van der Waals surface area contributed by atoms with Crippen LogP contribution >= 0.6 is 0 Å². The fraction of sp³-hybridized carbons (Fsp3) is 0.400. The Kier molecular flexibility index (Phi) is 5.05. The van der Waals surface area contributed by atoms with Gasteiger partial charge in [0.2, 0.25) is 5.91 Å². The van der Waals surface area contributed by atoms with Gasteiger partial charge in [-0.15, -0.1) is 0 Å². The van der Waals surface area contributed by atoms with Crippen molar-refractivity contribution in [1.82, 2.24) is 4.90 Å². The third kappa shape index (κ3) is 4.13. The molecule has 1 amide bonds. The Morgan fingerprint density at radius 2 is 2.33 bits per heavy atom. The van der Waals surface area contributed by atoms with Crippen LogP contribution in [0.1, 0.15) is 18.4 Å². The predicted molar refractivity (Wildman–Crippen MR) is 78.5 cm³/mol. The number of nitrogens with zero attached hydrogens (tertiary/aromatic N) is 2. The van der Waals surface area contributed by atoms with E-state index < -0.39 is 4.92 Å². The maximum Gasteiger partial charge on any atom is 0.270 e. The van der Waals surface area contributed by atoms with Crippen LogP contribution in [0.4, 0.5) is 5.69 Å². The molecule has 0 radical (unpaired) electrons. The molecule has 0 saturated carbocycles. The van der Waals surface area contributed by atoms with Crippen LogP contribution in [0.3, 0.4) is 0 Å². The van der Waals surface area contributed by atoms with Crippen molar-refractivity contribution in [1.29, 1.82) is 0 Å². The van der Waals surface area contributed by atoms with Crippen LogP contribution < -0.4 is 0 Å². The number of hydrogen-bond acceptors (Lipinski definition) is 4. The maximum atomic E-state index is 12.0. The van der Waals surface area contributed by atoms with Gasteiger partial charge in [-0.05, 0) is 30.4 Å². The summed E-state index contributed by atoms with van der Waals surface area (Å²) in [4.78, 5) is 24.0. The number of nitro benzene ring substituents is 1. The molecule has 1 heterocycles. The number of rotatable bonds is 5. The molecule has 1 saturated heterocycles. The number of amides is 1. The first kappa shape index (κ1) is 15.2. The number of likely N-dealkylation sites (tertiary alicyclic amines) is 1. The van der Waals surface area contributed by atoms with Gasteiger partial charge in [0.25, 0.3) is 5.69 Å². The summed E-state index contributed by atoms with van der Waals surface area (Å²) in [6.45, 7) is 1.51. The smallest absolute Gasteiger partial charge is 0.270 e. The van der Waals surface area contributed by atoms with E-state index in [1.165, 1.54) is 18.2 Å². The zero-order valence-corrected chi connectivity index (χ0v) is 11.6. The molecule has 112 valence electrons. The highest BCUT2D eigenvalue weighted by molar-refractivity contribution is 5.92. The van der Waals surface area contributed by atoms with Crippen LogP contribution in [0.25, 0.3) is 6.08 Å². The minimum atomic E-state index is -0.459. The van der Waals surface area contributed by atoms with E-state index in [2.05, 4.69) is 0 Å². The monoisotopic (exact) mass is 290 g/mol. The van der Waals surface area contributed by atoms with Crippen LogP contribution in [0.2, 0.25) is 0 Å². The van der Waals surface area contributed by atoms with E-state index in [0.717, 1.165) is 12.8 Å². The van der Waals surface area contributed by atoms with E-state index in [1.54, 1.807) is 23.1 Å². The second kappa shape index (κ2) is 6.99. The average Bonchev–Trinajstić information content (AvgIpc) is 2.94. The van der Waals surface area contributed by atoms with Crippen molar-refractivity contribution < 1.29 is 14.8 Å². The number of benzene rings is 1. The normalized spacial score (nSPS) is 18.3. The first-order chi connectivity index (χ1) is 10.1. The summed E-state index contributed by atoms with van der Waals surface area (Å²) < 4.78 is 0. The van der Waals surface area contributed by atoms with Gasteiger partial charge in [-0.3, -0.25) is 14.9 Å². The molecular weight excluding hydrogens is 272 g/mol. The van der Waals surface area contributed by atoms with Gasteiger partial charge in [-0.1, -0.05) is 12.1 Å². The van der Waals surface area contributed by atoms with Gasteiger partial charge in [-0.2, -0.15) is 0 Å². The molecule has 1 aliphatic heterocycles. The van der Waals surface area contributed by atoms with Crippen molar-refractivity contribution in [3.63, 3.8) is 0 Å². The van der Waals surface area contributed by atoms with Crippen LogP contribution in [-0.2, 0) is 4.79 Å². The molecule has 0 aromatic heterocycles. The van der Waals surface area contributed by atoms with E-state index in [4.69, 9.17) is 5.11 Å². The van der Waals surface area contributed by atoms with Crippen LogP contribution in [-0.4, -0.2) is 40.5 Å². The Bertz CT molecular complexity index is 556. The number of hydrogen-bond donors (Lipinski definition) is 1. The number of nitro groups is 1. The van der Waals surface area contributed by atoms with Crippen molar-refractivity contribution in [3.8, 4) is 0 Å². The number of aliphatic hydroxyl groups excluding tert-OH is 1. The fourth-order valence-corrected chi connectivity index (χ4v) is 2.47. The van der Waals surface area contributed by atoms with Gasteiger partial charge in [0.1, 0.15) is 0 Å². The molecular formula is C15H18N2O4. The van der Waals surface area contributed by atoms with Gasteiger partial charge < -0.3 is 10.0 Å². The molecule has 0 spiro atoms. The zero-order valence-electron chi connectivity index (χ0n) is 11.6. The number of aliphatic hydroxyl groups is 1. The summed E-state index contributed by atoms with van der Waals surface area (Å²) >= 11 is 0. The first-order valence-electron chi connectivity index (χ1n) is 6.92. The van der Waals surface area contributed by atoms with Crippen molar-refractivity contribution in [2.75, 3.05) is 19.7 Å². The standard InChI is InChI=1S/C15H18N2O4/c18-9-7-13-6-8-16(11-13)15(19)5-4-12-2-1-3-14(10-12)17(20)21/h1-5,10,13,18H,6-9,11H2/b5-4+. The molecule has 1 aromatic carbocycles. The molecule has 1 aromatic rings. The van der Waals surface area contributed by atoms with Crippen molar-refractivity contribution in [3.05, 3.63) is 46.0 Å². The molecule has 2 rings (SSSR count). The fourth-order valence-electron chi connectivity index (χ4n) is 2.47. The molecule has 6 nitrogen and oxygen atoms in total. The quantitative estimate of drug-likeness (QED) is 0.509. The second-order valence-corrected chi connectivity index (χ2v) is 5.14. The SMILES string of the molecule is O=C(/C=C/c1cccc([N+](=O)[O-])c1)N1CCC(CCO)C1. The second-order valence-electron chi connectivity index (χ2n) is 5.14. The van der Waals surface area contributed by atoms with Gasteiger partial charge in [0, 0.05) is 37.9 Å².